The number of aliphatic hydroxyl groups excluding tert-OH is 1. The first-order valence-electron chi connectivity index (χ1n) is 13.5. The molecule has 1 aromatic carbocycles. The van der Waals surface area contributed by atoms with Gasteiger partial charge in [0.25, 0.3) is 5.91 Å². The molecule has 2 bridgehead atoms. The van der Waals surface area contributed by atoms with Gasteiger partial charge in [-0.05, 0) is 51.2 Å². The predicted octanol–water partition coefficient (Wildman–Crippen LogP) is 3.00. The van der Waals surface area contributed by atoms with Gasteiger partial charge in [-0.25, -0.2) is 0 Å². The number of amides is 3. The average Bonchev–Trinajstić information content (AvgIpc) is 3.50. The lowest BCUT2D eigenvalue weighted by molar-refractivity contribution is -0.152. The van der Waals surface area contributed by atoms with Crippen LogP contribution in [0.1, 0.15) is 44.2 Å². The zero-order chi connectivity index (χ0) is 28.0. The van der Waals surface area contributed by atoms with E-state index in [9.17, 15) is 19.5 Å². The van der Waals surface area contributed by atoms with Crippen molar-refractivity contribution in [2.75, 3.05) is 31.6 Å². The minimum absolute atomic E-state index is 0.172. The largest absolute Gasteiger partial charge is 0.394 e. The quantitative estimate of drug-likeness (QED) is 0.476. The fraction of sp³-hybridized carbons (Fsp3) is 0.567. The van der Waals surface area contributed by atoms with Gasteiger partial charge in [0.15, 0.2) is 0 Å². The lowest BCUT2D eigenvalue weighted by Gasteiger charge is -2.39. The Hall–Kier alpha value is -2.97. The van der Waals surface area contributed by atoms with Crippen molar-refractivity contribution in [1.29, 1.82) is 0 Å². The highest BCUT2D eigenvalue weighted by atomic mass is 16.5. The summed E-state index contributed by atoms with van der Waals surface area (Å²) in [7, 11) is 1.70. The minimum atomic E-state index is -1.15. The molecule has 4 rings (SSSR count). The minimum Gasteiger partial charge on any atom is -0.394 e. The smallest absolute Gasteiger partial charge is 0.253 e. The number of likely N-dealkylation sites (N-methyl/N-ethyl adjacent to an activating group) is 1. The van der Waals surface area contributed by atoms with Gasteiger partial charge in [-0.2, -0.15) is 0 Å². The number of anilines is 1. The summed E-state index contributed by atoms with van der Waals surface area (Å²) in [5, 5.41) is 10.2. The highest BCUT2D eigenvalue weighted by Gasteiger charge is 2.79. The predicted molar refractivity (Wildman–Crippen MR) is 147 cm³/mol. The van der Waals surface area contributed by atoms with Crippen LogP contribution in [0.2, 0.25) is 0 Å². The average molecular weight is 524 g/mol. The van der Waals surface area contributed by atoms with Crippen LogP contribution in [0, 0.1) is 25.7 Å². The summed E-state index contributed by atoms with van der Waals surface area (Å²) >= 11 is 0. The summed E-state index contributed by atoms with van der Waals surface area (Å²) in [6, 6.07) is 4.25. The van der Waals surface area contributed by atoms with Gasteiger partial charge in [0.05, 0.1) is 30.1 Å². The van der Waals surface area contributed by atoms with Crippen molar-refractivity contribution in [2.45, 2.75) is 70.2 Å². The number of para-hydroxylation sites is 1. The van der Waals surface area contributed by atoms with Crippen LogP contribution >= 0.6 is 0 Å². The van der Waals surface area contributed by atoms with Gasteiger partial charge in [-0.3, -0.25) is 14.4 Å². The number of likely N-dealkylation sites (tertiary alicyclic amines) is 1. The summed E-state index contributed by atoms with van der Waals surface area (Å²) < 4.78 is 6.85. The first kappa shape index (κ1) is 28.0. The lowest BCUT2D eigenvalue weighted by atomic mass is 9.64. The summed E-state index contributed by atoms with van der Waals surface area (Å²) in [5.74, 6) is -2.27. The van der Waals surface area contributed by atoms with E-state index in [1.807, 2.05) is 39.0 Å². The van der Waals surface area contributed by atoms with Crippen molar-refractivity contribution >= 4 is 23.4 Å². The Kier molecular flexibility index (Phi) is 7.60. The van der Waals surface area contributed by atoms with Crippen molar-refractivity contribution in [1.82, 2.24) is 9.80 Å². The normalized spacial score (nSPS) is 30.2. The van der Waals surface area contributed by atoms with Crippen LogP contribution in [0.15, 0.2) is 43.5 Å². The molecule has 3 fully saturated rings. The van der Waals surface area contributed by atoms with Crippen molar-refractivity contribution in [3.8, 4) is 0 Å². The number of aryl methyl sites for hydroxylation is 2. The van der Waals surface area contributed by atoms with Crippen molar-refractivity contribution in [3.63, 3.8) is 0 Å². The summed E-state index contributed by atoms with van der Waals surface area (Å²) in [6.45, 7) is 15.5. The number of carbonyl (C=O) groups excluding carboxylic acids is 3. The molecule has 1 spiro atoms. The molecule has 8 nitrogen and oxygen atoms in total. The van der Waals surface area contributed by atoms with Crippen LogP contribution < -0.4 is 4.90 Å². The van der Waals surface area contributed by atoms with Gasteiger partial charge in [0, 0.05) is 25.8 Å². The molecular weight excluding hydrogens is 482 g/mol. The van der Waals surface area contributed by atoms with Crippen LogP contribution in [0.4, 0.5) is 5.69 Å². The number of fused-ring (bicyclic) bond motifs is 1. The van der Waals surface area contributed by atoms with Crippen LogP contribution in [-0.4, -0.2) is 82.7 Å². The van der Waals surface area contributed by atoms with E-state index < -0.39 is 35.1 Å². The molecule has 1 aromatic rings. The Morgan fingerprint density at radius 3 is 2.37 bits per heavy atom. The van der Waals surface area contributed by atoms with E-state index in [0.29, 0.717) is 25.8 Å². The van der Waals surface area contributed by atoms with Crippen molar-refractivity contribution in [2.24, 2.45) is 11.8 Å². The molecule has 8 heteroatoms. The molecule has 1 N–H and O–H groups in total. The van der Waals surface area contributed by atoms with E-state index >= 15 is 0 Å². The monoisotopic (exact) mass is 523 g/mol. The number of nitrogens with zero attached hydrogens (tertiary/aromatic N) is 3. The van der Waals surface area contributed by atoms with Crippen molar-refractivity contribution in [3.05, 3.63) is 54.6 Å². The molecule has 3 saturated heterocycles. The second-order valence-corrected chi connectivity index (χ2v) is 11.1. The van der Waals surface area contributed by atoms with Crippen molar-refractivity contribution < 1.29 is 24.2 Å². The zero-order valence-corrected chi connectivity index (χ0v) is 23.3. The SMILES string of the molecule is C=CCN(C)C(=O)[C@@H]1[C@H]2C(=O)N([C@H](C)CO)C(C(=O)N(CC=C)c3c(C)cccc3C)C23CC[C@@]1(CC)O3. The first-order valence-corrected chi connectivity index (χ1v) is 13.5. The molecule has 6 atom stereocenters. The highest BCUT2D eigenvalue weighted by Crippen LogP contribution is 2.65. The number of ether oxygens (including phenoxy) is 1. The third-order valence-electron chi connectivity index (χ3n) is 8.92. The number of carbonyl (C=O) groups is 3. The van der Waals surface area contributed by atoms with E-state index in [1.54, 1.807) is 35.9 Å². The van der Waals surface area contributed by atoms with Crippen LogP contribution in [-0.2, 0) is 19.1 Å². The first-order chi connectivity index (χ1) is 18.0. The van der Waals surface area contributed by atoms with E-state index in [1.165, 1.54) is 4.90 Å². The molecule has 2 unspecified atom stereocenters. The van der Waals surface area contributed by atoms with E-state index in [2.05, 4.69) is 13.2 Å². The highest BCUT2D eigenvalue weighted by molar-refractivity contribution is 6.05. The second kappa shape index (κ2) is 10.3. The molecule has 38 heavy (non-hydrogen) atoms. The summed E-state index contributed by atoms with van der Waals surface area (Å²) in [4.78, 5) is 47.5. The molecule has 0 radical (unpaired) electrons. The summed E-state index contributed by atoms with van der Waals surface area (Å²) in [6.07, 6.45) is 4.96. The molecule has 3 amide bonds. The van der Waals surface area contributed by atoms with E-state index in [0.717, 1.165) is 16.8 Å². The fourth-order valence-corrected chi connectivity index (χ4v) is 7.19. The number of benzene rings is 1. The van der Waals surface area contributed by atoms with Gasteiger partial charge < -0.3 is 24.5 Å². The molecular formula is C30H41N3O5. The molecule has 0 saturated carbocycles. The maximum atomic E-state index is 14.7. The topological polar surface area (TPSA) is 90.4 Å². The Balaban J connectivity index is 1.88. The number of aliphatic hydroxyl groups is 1. The number of hydrogen-bond donors (Lipinski definition) is 1. The lowest BCUT2D eigenvalue weighted by Crippen LogP contribution is -2.58. The van der Waals surface area contributed by atoms with E-state index in [-0.39, 0.29) is 30.9 Å². The van der Waals surface area contributed by atoms with Crippen LogP contribution in [0.3, 0.4) is 0 Å². The third-order valence-corrected chi connectivity index (χ3v) is 8.92. The van der Waals surface area contributed by atoms with Gasteiger partial charge in [-0.15, -0.1) is 13.2 Å². The molecule has 206 valence electrons. The maximum Gasteiger partial charge on any atom is 0.253 e. The third kappa shape index (κ3) is 3.92. The number of rotatable bonds is 10. The van der Waals surface area contributed by atoms with Gasteiger partial charge in [0.2, 0.25) is 11.8 Å². The standard InChI is InChI=1S/C30H41N3O5/c1-8-16-31(7)26(35)22-23-27(36)33(21(6)18-34)25(30(23)15-14-29(22,10-3)38-30)28(37)32(17-9-2)24-19(4)12-11-13-20(24)5/h8-9,11-13,21-23,25,34H,1-2,10,14-18H2,3-7H3/t21-,22+,23+,25?,29-,30?/m1/s1. The Bertz CT molecular complexity index is 1130. The summed E-state index contributed by atoms with van der Waals surface area (Å²) in [5.41, 5.74) is 0.667. The van der Waals surface area contributed by atoms with Gasteiger partial charge in [0.1, 0.15) is 11.6 Å². The molecule has 3 aliphatic heterocycles. The zero-order valence-electron chi connectivity index (χ0n) is 23.3. The van der Waals surface area contributed by atoms with Crippen LogP contribution in [0.5, 0.6) is 0 Å². The number of hydrogen-bond acceptors (Lipinski definition) is 5. The van der Waals surface area contributed by atoms with Gasteiger partial charge >= 0.3 is 0 Å². The fourth-order valence-electron chi connectivity index (χ4n) is 7.19. The Morgan fingerprint density at radius 2 is 1.82 bits per heavy atom. The van der Waals surface area contributed by atoms with Gasteiger partial charge in [-0.1, -0.05) is 37.3 Å². The molecule has 3 aliphatic rings. The molecule has 0 aliphatic carbocycles. The van der Waals surface area contributed by atoms with Crippen LogP contribution in [0.25, 0.3) is 0 Å². The molecule has 0 aromatic heterocycles. The maximum absolute atomic E-state index is 14.7. The Labute approximate surface area is 225 Å². The second-order valence-electron chi connectivity index (χ2n) is 11.1. The van der Waals surface area contributed by atoms with E-state index in [4.69, 9.17) is 4.74 Å². The Morgan fingerprint density at radius 1 is 1.18 bits per heavy atom. The molecule has 3 heterocycles.